The molecule has 0 fully saturated rings. The fraction of sp³-hybridized carbons (Fsp3) is 0.600. The van der Waals surface area contributed by atoms with E-state index in [1.165, 1.54) is 5.56 Å². The first kappa shape index (κ1) is 15.7. The van der Waals surface area contributed by atoms with Gasteiger partial charge < -0.3 is 10.1 Å². The number of nitrogens with one attached hydrogen (secondary N) is 1. The Morgan fingerprint density at radius 2 is 1.72 bits per heavy atom. The van der Waals surface area contributed by atoms with Gasteiger partial charge in [0.2, 0.25) is 0 Å². The van der Waals surface area contributed by atoms with Crippen LogP contribution in [-0.4, -0.2) is 18.2 Å². The molecule has 1 aromatic rings. The van der Waals surface area contributed by atoms with Crippen molar-refractivity contribution in [1.29, 1.82) is 0 Å². The second-order valence-electron chi connectivity index (χ2n) is 5.83. The molecule has 1 atom stereocenters. The van der Waals surface area contributed by atoms with Gasteiger partial charge >= 0.3 is 0 Å². The van der Waals surface area contributed by atoms with E-state index < -0.39 is 0 Å². The number of rotatable bonds is 5. The fourth-order valence-electron chi connectivity index (χ4n) is 1.67. The maximum Gasteiger partial charge on any atom is 0.0956 e. The van der Waals surface area contributed by atoms with Crippen LogP contribution in [0.25, 0.3) is 0 Å². The van der Waals surface area contributed by atoms with Gasteiger partial charge in [-0.2, -0.15) is 0 Å². The minimum Gasteiger partial charge on any atom is -0.367 e. The highest BCUT2D eigenvalue weighted by atomic mass is 79.9. The molecule has 0 saturated carbocycles. The average Bonchev–Trinajstić information content (AvgIpc) is 2.23. The summed E-state index contributed by atoms with van der Waals surface area (Å²) >= 11 is 3.46. The van der Waals surface area contributed by atoms with Crippen molar-refractivity contribution in [3.05, 3.63) is 34.3 Å². The number of ether oxygens (including phenoxy) is 1. The number of hydrogen-bond donors (Lipinski definition) is 1. The first-order valence-electron chi connectivity index (χ1n) is 6.44. The van der Waals surface area contributed by atoms with Crippen LogP contribution in [-0.2, 0) is 4.74 Å². The molecule has 0 aromatic heterocycles. The quantitative estimate of drug-likeness (QED) is 0.875. The maximum absolute atomic E-state index is 6.14. The lowest BCUT2D eigenvalue weighted by molar-refractivity contribution is -0.0612. The smallest absolute Gasteiger partial charge is 0.0956 e. The first-order chi connectivity index (χ1) is 8.28. The molecule has 0 aliphatic rings. The Labute approximate surface area is 119 Å². The van der Waals surface area contributed by atoms with Gasteiger partial charge in [-0.05, 0) is 38.5 Å². The Balaban J connectivity index is 2.79. The largest absolute Gasteiger partial charge is 0.367 e. The molecule has 1 unspecified atom stereocenters. The van der Waals surface area contributed by atoms with Crippen molar-refractivity contribution in [3.8, 4) is 0 Å². The van der Waals surface area contributed by atoms with Gasteiger partial charge in [0.15, 0.2) is 0 Å². The summed E-state index contributed by atoms with van der Waals surface area (Å²) < 4.78 is 7.23. The lowest BCUT2D eigenvalue weighted by Gasteiger charge is -2.29. The van der Waals surface area contributed by atoms with Gasteiger partial charge in [-0.1, -0.05) is 41.9 Å². The predicted molar refractivity (Wildman–Crippen MR) is 80.9 cm³/mol. The zero-order chi connectivity index (χ0) is 13.8. The summed E-state index contributed by atoms with van der Waals surface area (Å²) in [7, 11) is 0. The van der Waals surface area contributed by atoms with Crippen LogP contribution in [0, 0.1) is 0 Å². The first-order valence-corrected chi connectivity index (χ1v) is 7.24. The average molecular weight is 314 g/mol. The van der Waals surface area contributed by atoms with E-state index >= 15 is 0 Å². The summed E-state index contributed by atoms with van der Waals surface area (Å²) in [5, 5.41) is 3.44. The Morgan fingerprint density at radius 3 is 2.17 bits per heavy atom. The van der Waals surface area contributed by atoms with Gasteiger partial charge in [0.05, 0.1) is 11.7 Å². The second kappa shape index (κ2) is 6.69. The van der Waals surface area contributed by atoms with E-state index in [2.05, 4.69) is 80.1 Å². The monoisotopic (exact) mass is 313 g/mol. The molecule has 1 aromatic carbocycles. The van der Waals surface area contributed by atoms with E-state index in [0.29, 0.717) is 6.04 Å². The molecule has 0 aliphatic heterocycles. The normalized spacial score (nSPS) is 13.9. The second-order valence-corrected chi connectivity index (χ2v) is 6.75. The molecule has 102 valence electrons. The van der Waals surface area contributed by atoms with Crippen molar-refractivity contribution < 1.29 is 4.74 Å². The molecule has 0 radical (unpaired) electrons. The van der Waals surface area contributed by atoms with E-state index in [4.69, 9.17) is 4.74 Å². The zero-order valence-electron chi connectivity index (χ0n) is 12.0. The minimum absolute atomic E-state index is 0.0838. The lowest BCUT2D eigenvalue weighted by atomic mass is 10.1. The van der Waals surface area contributed by atoms with Crippen molar-refractivity contribution in [3.63, 3.8) is 0 Å². The standard InChI is InChI=1S/C15H24BrNO/c1-11(2)17-10-14(18-15(3,4)5)12-6-8-13(16)9-7-12/h6-9,11,14,17H,10H2,1-5H3. The summed E-state index contributed by atoms with van der Waals surface area (Å²) in [6.07, 6.45) is 0.0838. The van der Waals surface area contributed by atoms with Crippen molar-refractivity contribution >= 4 is 15.9 Å². The van der Waals surface area contributed by atoms with Gasteiger partial charge in [0.1, 0.15) is 0 Å². The number of halogens is 1. The third kappa shape index (κ3) is 5.98. The molecule has 1 rings (SSSR count). The summed E-state index contributed by atoms with van der Waals surface area (Å²) in [5.41, 5.74) is 1.07. The fourth-order valence-corrected chi connectivity index (χ4v) is 1.94. The predicted octanol–water partition coefficient (Wildman–Crippen LogP) is 4.30. The maximum atomic E-state index is 6.14. The molecule has 0 spiro atoms. The Bertz CT molecular complexity index is 354. The zero-order valence-corrected chi connectivity index (χ0v) is 13.5. The van der Waals surface area contributed by atoms with Crippen LogP contribution in [0.2, 0.25) is 0 Å². The van der Waals surface area contributed by atoms with Gasteiger partial charge in [0.25, 0.3) is 0 Å². The molecule has 0 aliphatic carbocycles. The highest BCUT2D eigenvalue weighted by Gasteiger charge is 2.20. The van der Waals surface area contributed by atoms with Crippen LogP contribution in [0.4, 0.5) is 0 Å². The topological polar surface area (TPSA) is 21.3 Å². The van der Waals surface area contributed by atoms with E-state index in [1.54, 1.807) is 0 Å². The van der Waals surface area contributed by atoms with Crippen molar-refractivity contribution in [2.75, 3.05) is 6.54 Å². The molecule has 0 saturated heterocycles. The van der Waals surface area contributed by atoms with Gasteiger partial charge in [-0.25, -0.2) is 0 Å². The van der Waals surface area contributed by atoms with E-state index in [9.17, 15) is 0 Å². The van der Waals surface area contributed by atoms with Gasteiger partial charge in [-0.15, -0.1) is 0 Å². The molecule has 3 heteroatoms. The van der Waals surface area contributed by atoms with Crippen LogP contribution < -0.4 is 5.32 Å². The third-order valence-corrected chi connectivity index (χ3v) is 2.98. The molecule has 0 amide bonds. The van der Waals surface area contributed by atoms with Gasteiger partial charge in [-0.3, -0.25) is 0 Å². The molecule has 0 heterocycles. The lowest BCUT2D eigenvalue weighted by Crippen LogP contribution is -2.33. The van der Waals surface area contributed by atoms with Crippen molar-refractivity contribution in [1.82, 2.24) is 5.32 Å². The summed E-state index contributed by atoms with van der Waals surface area (Å²) in [6.45, 7) is 11.4. The molecular weight excluding hydrogens is 290 g/mol. The summed E-state index contributed by atoms with van der Waals surface area (Å²) in [4.78, 5) is 0. The summed E-state index contributed by atoms with van der Waals surface area (Å²) in [6, 6.07) is 8.81. The van der Waals surface area contributed by atoms with Crippen LogP contribution in [0.1, 0.15) is 46.3 Å². The highest BCUT2D eigenvalue weighted by Crippen LogP contribution is 2.24. The van der Waals surface area contributed by atoms with Crippen LogP contribution in [0.15, 0.2) is 28.7 Å². The third-order valence-electron chi connectivity index (χ3n) is 2.45. The van der Waals surface area contributed by atoms with Crippen LogP contribution in [0.3, 0.4) is 0 Å². The molecule has 1 N–H and O–H groups in total. The molecule has 0 bridgehead atoms. The van der Waals surface area contributed by atoms with E-state index in [0.717, 1.165) is 11.0 Å². The Morgan fingerprint density at radius 1 is 1.17 bits per heavy atom. The minimum atomic E-state index is -0.142. The van der Waals surface area contributed by atoms with Gasteiger partial charge in [0, 0.05) is 17.1 Å². The summed E-state index contributed by atoms with van der Waals surface area (Å²) in [5.74, 6) is 0. The SMILES string of the molecule is CC(C)NCC(OC(C)(C)C)c1ccc(Br)cc1. The van der Waals surface area contributed by atoms with Crippen LogP contribution in [0.5, 0.6) is 0 Å². The van der Waals surface area contributed by atoms with Crippen LogP contribution >= 0.6 is 15.9 Å². The molecule has 2 nitrogen and oxygen atoms in total. The van der Waals surface area contributed by atoms with Crippen molar-refractivity contribution in [2.24, 2.45) is 0 Å². The van der Waals surface area contributed by atoms with Crippen molar-refractivity contribution in [2.45, 2.75) is 52.4 Å². The number of hydrogen-bond acceptors (Lipinski definition) is 2. The van der Waals surface area contributed by atoms with E-state index in [1.807, 2.05) is 0 Å². The molecular formula is C15H24BrNO. The Kier molecular flexibility index (Phi) is 5.83. The van der Waals surface area contributed by atoms with E-state index in [-0.39, 0.29) is 11.7 Å². The number of benzene rings is 1. The highest BCUT2D eigenvalue weighted by molar-refractivity contribution is 9.10. The molecule has 18 heavy (non-hydrogen) atoms. The Hall–Kier alpha value is -0.380.